The molecule has 0 heterocycles. The summed E-state index contributed by atoms with van der Waals surface area (Å²) in [5.74, 6) is 0.922. The van der Waals surface area contributed by atoms with Gasteiger partial charge in [-0.1, -0.05) is 39.5 Å². The topological polar surface area (TPSA) is 3.24 Å². The van der Waals surface area contributed by atoms with Crippen LogP contribution in [0.3, 0.4) is 0 Å². The second kappa shape index (κ2) is 7.27. The van der Waals surface area contributed by atoms with Crippen molar-refractivity contribution in [2.24, 2.45) is 5.92 Å². The normalized spacial score (nSPS) is 14.6. The Morgan fingerprint density at radius 3 is 2.13 bits per heavy atom. The SMILES string of the molecule is CCC(C)CCCCCN(C)C(C)(C)C. The number of hydrogen-bond acceptors (Lipinski definition) is 1. The molecule has 92 valence electrons. The molecular weight excluding hydrogens is 182 g/mol. The van der Waals surface area contributed by atoms with Crippen LogP contribution in [0.5, 0.6) is 0 Å². The zero-order valence-corrected chi connectivity index (χ0v) is 11.8. The van der Waals surface area contributed by atoms with E-state index < -0.39 is 0 Å². The van der Waals surface area contributed by atoms with Crippen molar-refractivity contribution in [3.05, 3.63) is 0 Å². The van der Waals surface area contributed by atoms with Gasteiger partial charge in [-0.3, -0.25) is 0 Å². The van der Waals surface area contributed by atoms with E-state index in [1.165, 1.54) is 38.6 Å². The molecule has 0 saturated carbocycles. The summed E-state index contributed by atoms with van der Waals surface area (Å²) in [6.07, 6.45) is 6.90. The molecule has 0 radical (unpaired) electrons. The third kappa shape index (κ3) is 7.84. The van der Waals surface area contributed by atoms with Crippen molar-refractivity contribution in [1.29, 1.82) is 0 Å². The van der Waals surface area contributed by atoms with Crippen LogP contribution < -0.4 is 0 Å². The Balaban J connectivity index is 3.39. The van der Waals surface area contributed by atoms with Gasteiger partial charge in [0.25, 0.3) is 0 Å². The quantitative estimate of drug-likeness (QED) is 0.569. The Morgan fingerprint density at radius 2 is 1.67 bits per heavy atom. The minimum atomic E-state index is 0.330. The molecule has 0 spiro atoms. The molecule has 0 bridgehead atoms. The summed E-state index contributed by atoms with van der Waals surface area (Å²) in [4.78, 5) is 2.45. The Kier molecular flexibility index (Phi) is 7.25. The highest BCUT2D eigenvalue weighted by atomic mass is 15.1. The van der Waals surface area contributed by atoms with Gasteiger partial charge in [0, 0.05) is 5.54 Å². The van der Waals surface area contributed by atoms with Crippen LogP contribution in [0.25, 0.3) is 0 Å². The zero-order valence-electron chi connectivity index (χ0n) is 11.8. The van der Waals surface area contributed by atoms with Gasteiger partial charge >= 0.3 is 0 Å². The molecule has 0 saturated heterocycles. The summed E-state index contributed by atoms with van der Waals surface area (Å²) in [5.41, 5.74) is 0.330. The van der Waals surface area contributed by atoms with E-state index in [1.807, 2.05) is 0 Å². The van der Waals surface area contributed by atoms with Crippen molar-refractivity contribution in [2.75, 3.05) is 13.6 Å². The average molecular weight is 213 g/mol. The fourth-order valence-electron chi connectivity index (χ4n) is 1.56. The lowest BCUT2D eigenvalue weighted by atomic mass is 10.0. The van der Waals surface area contributed by atoms with E-state index in [0.29, 0.717) is 5.54 Å². The predicted molar refractivity (Wildman–Crippen MR) is 70.3 cm³/mol. The molecule has 0 aliphatic carbocycles. The molecule has 0 rings (SSSR count). The Morgan fingerprint density at radius 1 is 1.07 bits per heavy atom. The summed E-state index contributed by atoms with van der Waals surface area (Å²) in [6, 6.07) is 0. The summed E-state index contributed by atoms with van der Waals surface area (Å²) in [6.45, 7) is 12.7. The molecule has 0 aromatic carbocycles. The molecule has 1 heteroatoms. The number of hydrogen-bond donors (Lipinski definition) is 0. The van der Waals surface area contributed by atoms with Gasteiger partial charge in [-0.05, 0) is 46.7 Å². The van der Waals surface area contributed by atoms with Crippen molar-refractivity contribution < 1.29 is 0 Å². The van der Waals surface area contributed by atoms with Crippen molar-refractivity contribution in [1.82, 2.24) is 4.90 Å². The highest BCUT2D eigenvalue weighted by Crippen LogP contribution is 2.14. The molecular formula is C14H31N. The third-order valence-electron chi connectivity index (χ3n) is 3.53. The van der Waals surface area contributed by atoms with Crippen molar-refractivity contribution in [3.63, 3.8) is 0 Å². The van der Waals surface area contributed by atoms with E-state index in [1.54, 1.807) is 0 Å². The van der Waals surface area contributed by atoms with E-state index >= 15 is 0 Å². The smallest absolute Gasteiger partial charge is 0.0122 e. The predicted octanol–water partition coefficient (Wildman–Crippen LogP) is 4.32. The first-order valence-electron chi connectivity index (χ1n) is 6.59. The van der Waals surface area contributed by atoms with Gasteiger partial charge in [0.1, 0.15) is 0 Å². The second-order valence-electron chi connectivity index (χ2n) is 5.96. The largest absolute Gasteiger partial charge is 0.302 e. The summed E-state index contributed by atoms with van der Waals surface area (Å²) < 4.78 is 0. The van der Waals surface area contributed by atoms with Gasteiger partial charge in [-0.15, -0.1) is 0 Å². The molecule has 0 amide bonds. The maximum atomic E-state index is 2.45. The Bertz CT molecular complexity index is 146. The monoisotopic (exact) mass is 213 g/mol. The standard InChI is InChI=1S/C14H31N/c1-7-13(2)11-9-8-10-12-15(6)14(3,4)5/h13H,7-12H2,1-6H3. The van der Waals surface area contributed by atoms with Crippen molar-refractivity contribution >= 4 is 0 Å². The molecule has 0 aliphatic heterocycles. The van der Waals surface area contributed by atoms with E-state index in [9.17, 15) is 0 Å². The van der Waals surface area contributed by atoms with Crippen LogP contribution in [-0.4, -0.2) is 24.0 Å². The number of rotatable bonds is 7. The first-order valence-corrected chi connectivity index (χ1v) is 6.59. The summed E-state index contributed by atoms with van der Waals surface area (Å²) >= 11 is 0. The van der Waals surface area contributed by atoms with Crippen LogP contribution in [0.4, 0.5) is 0 Å². The van der Waals surface area contributed by atoms with Gasteiger partial charge in [-0.25, -0.2) is 0 Å². The van der Waals surface area contributed by atoms with E-state index in [4.69, 9.17) is 0 Å². The van der Waals surface area contributed by atoms with Crippen LogP contribution in [-0.2, 0) is 0 Å². The molecule has 0 fully saturated rings. The molecule has 1 atom stereocenters. The lowest BCUT2D eigenvalue weighted by Crippen LogP contribution is -2.38. The lowest BCUT2D eigenvalue weighted by molar-refractivity contribution is 0.172. The van der Waals surface area contributed by atoms with Gasteiger partial charge in [0.15, 0.2) is 0 Å². The van der Waals surface area contributed by atoms with Crippen LogP contribution in [0, 0.1) is 5.92 Å². The highest BCUT2D eigenvalue weighted by molar-refractivity contribution is 4.72. The maximum Gasteiger partial charge on any atom is 0.0122 e. The lowest BCUT2D eigenvalue weighted by Gasteiger charge is -2.31. The highest BCUT2D eigenvalue weighted by Gasteiger charge is 2.15. The van der Waals surface area contributed by atoms with E-state index in [0.717, 1.165) is 5.92 Å². The number of nitrogens with zero attached hydrogens (tertiary/aromatic N) is 1. The summed E-state index contributed by atoms with van der Waals surface area (Å²) in [7, 11) is 2.23. The number of unbranched alkanes of at least 4 members (excludes halogenated alkanes) is 2. The van der Waals surface area contributed by atoms with Gasteiger partial charge in [-0.2, -0.15) is 0 Å². The van der Waals surface area contributed by atoms with Crippen LogP contribution in [0.2, 0.25) is 0 Å². The molecule has 0 N–H and O–H groups in total. The molecule has 0 aromatic rings. The first kappa shape index (κ1) is 15.0. The fraction of sp³-hybridized carbons (Fsp3) is 1.00. The van der Waals surface area contributed by atoms with Gasteiger partial charge in [0.05, 0.1) is 0 Å². The molecule has 1 nitrogen and oxygen atoms in total. The van der Waals surface area contributed by atoms with Gasteiger partial charge < -0.3 is 4.90 Å². The minimum Gasteiger partial charge on any atom is -0.302 e. The Hall–Kier alpha value is -0.0400. The maximum absolute atomic E-state index is 2.45. The molecule has 0 aliphatic rings. The minimum absolute atomic E-state index is 0.330. The fourth-order valence-corrected chi connectivity index (χ4v) is 1.56. The molecule has 1 unspecified atom stereocenters. The van der Waals surface area contributed by atoms with E-state index in [-0.39, 0.29) is 0 Å². The zero-order chi connectivity index (χ0) is 11.9. The molecule has 15 heavy (non-hydrogen) atoms. The van der Waals surface area contributed by atoms with Gasteiger partial charge in [0.2, 0.25) is 0 Å². The molecule has 0 aromatic heterocycles. The van der Waals surface area contributed by atoms with Crippen LogP contribution >= 0.6 is 0 Å². The third-order valence-corrected chi connectivity index (χ3v) is 3.53. The summed E-state index contributed by atoms with van der Waals surface area (Å²) in [5, 5.41) is 0. The van der Waals surface area contributed by atoms with Crippen molar-refractivity contribution in [2.45, 2.75) is 72.3 Å². The average Bonchev–Trinajstić information content (AvgIpc) is 2.15. The van der Waals surface area contributed by atoms with Crippen LogP contribution in [0.1, 0.15) is 66.7 Å². The van der Waals surface area contributed by atoms with Crippen molar-refractivity contribution in [3.8, 4) is 0 Å². The second-order valence-corrected chi connectivity index (χ2v) is 5.96. The van der Waals surface area contributed by atoms with Crippen LogP contribution in [0.15, 0.2) is 0 Å². The van der Waals surface area contributed by atoms with E-state index in [2.05, 4.69) is 46.6 Å². The first-order chi connectivity index (χ1) is 6.88. The Labute approximate surface area is 97.2 Å².